The van der Waals surface area contributed by atoms with Gasteiger partial charge < -0.3 is 11.1 Å². The molecule has 1 heterocycles. The van der Waals surface area contributed by atoms with Gasteiger partial charge in [0.05, 0.1) is 22.1 Å². The average molecular weight is 283 g/mol. The zero-order valence-electron chi connectivity index (χ0n) is 10.1. The summed E-state index contributed by atoms with van der Waals surface area (Å²) < 4.78 is 13.6. The third-order valence-electron chi connectivity index (χ3n) is 2.65. The van der Waals surface area contributed by atoms with Crippen LogP contribution in [0.5, 0.6) is 0 Å². The smallest absolute Gasteiger partial charge is 0.278 e. The molecule has 4 N–H and O–H groups in total. The van der Waals surface area contributed by atoms with E-state index in [0.29, 0.717) is 12.1 Å². The van der Waals surface area contributed by atoms with Crippen molar-refractivity contribution in [2.24, 2.45) is 0 Å². The maximum Gasteiger partial charge on any atom is 0.278 e. The molecule has 0 spiro atoms. The number of hydrogen-bond donors (Lipinski definition) is 3. The lowest BCUT2D eigenvalue weighted by atomic mass is 10.2. The third-order valence-corrected chi connectivity index (χ3v) is 2.94. The van der Waals surface area contributed by atoms with E-state index in [4.69, 9.17) is 17.3 Å². The zero-order chi connectivity index (χ0) is 14.0. The van der Waals surface area contributed by atoms with Gasteiger partial charge in [-0.25, -0.2) is 4.39 Å². The Hall–Kier alpha value is -2.08. The molecule has 5 nitrogen and oxygen atoms in total. The molecular formula is C12H12ClFN4O. The van der Waals surface area contributed by atoms with Crippen LogP contribution in [-0.2, 0) is 6.42 Å². The number of aryl methyl sites for hydroxylation is 1. The first-order valence-corrected chi connectivity index (χ1v) is 6.00. The molecule has 1 aromatic heterocycles. The molecule has 100 valence electrons. The number of anilines is 2. The second-order valence-corrected chi connectivity index (χ2v) is 4.28. The second-order valence-electron chi connectivity index (χ2n) is 3.87. The predicted molar refractivity (Wildman–Crippen MR) is 71.7 cm³/mol. The lowest BCUT2D eigenvalue weighted by Crippen LogP contribution is -2.15. The lowest BCUT2D eigenvalue weighted by Gasteiger charge is -2.06. The minimum Gasteiger partial charge on any atom is -0.395 e. The van der Waals surface area contributed by atoms with Crippen LogP contribution in [0, 0.1) is 5.82 Å². The Bertz CT molecular complexity index is 626. The molecule has 1 aromatic carbocycles. The number of amides is 1. The van der Waals surface area contributed by atoms with E-state index in [1.54, 1.807) is 0 Å². The van der Waals surface area contributed by atoms with E-state index in [-0.39, 0.29) is 22.1 Å². The highest BCUT2D eigenvalue weighted by atomic mass is 35.5. The highest BCUT2D eigenvalue weighted by Gasteiger charge is 2.18. The van der Waals surface area contributed by atoms with Gasteiger partial charge in [0.2, 0.25) is 0 Å². The van der Waals surface area contributed by atoms with E-state index < -0.39 is 11.7 Å². The molecule has 0 aliphatic carbocycles. The van der Waals surface area contributed by atoms with E-state index in [1.807, 2.05) is 6.92 Å². The Morgan fingerprint density at radius 1 is 1.58 bits per heavy atom. The van der Waals surface area contributed by atoms with Crippen molar-refractivity contribution in [1.82, 2.24) is 10.2 Å². The average Bonchev–Trinajstić information content (AvgIpc) is 2.76. The number of rotatable bonds is 3. The Morgan fingerprint density at radius 2 is 2.32 bits per heavy atom. The summed E-state index contributed by atoms with van der Waals surface area (Å²) in [6, 6.07) is 4.33. The first-order valence-electron chi connectivity index (χ1n) is 5.62. The number of carbonyl (C=O) groups excluding carboxylic acids is 1. The summed E-state index contributed by atoms with van der Waals surface area (Å²) in [7, 11) is 0. The van der Waals surface area contributed by atoms with Crippen molar-refractivity contribution in [3.05, 3.63) is 40.4 Å². The molecule has 0 fully saturated rings. The van der Waals surface area contributed by atoms with Gasteiger partial charge in [0.1, 0.15) is 0 Å². The molecule has 0 atom stereocenters. The molecule has 19 heavy (non-hydrogen) atoms. The van der Waals surface area contributed by atoms with Crippen molar-refractivity contribution in [3.63, 3.8) is 0 Å². The van der Waals surface area contributed by atoms with E-state index >= 15 is 0 Å². The Morgan fingerprint density at radius 3 is 2.95 bits per heavy atom. The molecule has 0 saturated heterocycles. The van der Waals surface area contributed by atoms with Crippen LogP contribution >= 0.6 is 11.6 Å². The van der Waals surface area contributed by atoms with Crippen LogP contribution in [0.1, 0.15) is 23.1 Å². The molecule has 2 rings (SSSR count). The van der Waals surface area contributed by atoms with Crippen molar-refractivity contribution < 1.29 is 9.18 Å². The maximum absolute atomic E-state index is 13.6. The number of nitrogens with one attached hydrogen (secondary N) is 2. The van der Waals surface area contributed by atoms with Crippen molar-refractivity contribution in [2.75, 3.05) is 11.1 Å². The van der Waals surface area contributed by atoms with Crippen LogP contribution in [0.3, 0.4) is 0 Å². The quantitative estimate of drug-likeness (QED) is 0.809. The number of nitrogens with two attached hydrogens (primary N) is 1. The lowest BCUT2D eigenvalue weighted by molar-refractivity contribution is 0.102. The minimum atomic E-state index is -0.692. The predicted octanol–water partition coefficient (Wildman–Crippen LogP) is 2.60. The summed E-state index contributed by atoms with van der Waals surface area (Å²) in [4.78, 5) is 11.9. The van der Waals surface area contributed by atoms with E-state index in [1.165, 1.54) is 18.2 Å². The molecular weight excluding hydrogens is 271 g/mol. The molecule has 1 amide bonds. The fraction of sp³-hybridized carbons (Fsp3) is 0.167. The summed E-state index contributed by atoms with van der Waals surface area (Å²) in [6.07, 6.45) is 0.623. The monoisotopic (exact) mass is 282 g/mol. The fourth-order valence-electron chi connectivity index (χ4n) is 1.61. The molecule has 0 aliphatic heterocycles. The standard InChI is InChI=1S/C12H12ClFN4O/c1-2-7-10(15)11(18-17-7)12(19)16-8-5-3-4-6(13)9(8)14/h3-5H,2,15H2,1H3,(H,16,19)(H,17,18). The molecule has 2 aromatic rings. The number of benzene rings is 1. The highest BCUT2D eigenvalue weighted by Crippen LogP contribution is 2.23. The van der Waals surface area contributed by atoms with Gasteiger partial charge >= 0.3 is 0 Å². The van der Waals surface area contributed by atoms with Crippen LogP contribution in [0.25, 0.3) is 0 Å². The number of nitrogens with zero attached hydrogens (tertiary/aromatic N) is 1. The van der Waals surface area contributed by atoms with Crippen LogP contribution < -0.4 is 11.1 Å². The van der Waals surface area contributed by atoms with Gasteiger partial charge in [-0.1, -0.05) is 24.6 Å². The Kier molecular flexibility index (Phi) is 3.71. The van der Waals surface area contributed by atoms with Crippen molar-refractivity contribution in [1.29, 1.82) is 0 Å². The molecule has 0 aliphatic rings. The Labute approximate surface area is 114 Å². The van der Waals surface area contributed by atoms with Gasteiger partial charge in [-0.05, 0) is 18.6 Å². The molecule has 7 heteroatoms. The van der Waals surface area contributed by atoms with Gasteiger partial charge in [0, 0.05) is 0 Å². The van der Waals surface area contributed by atoms with E-state index in [9.17, 15) is 9.18 Å². The molecule has 0 bridgehead atoms. The van der Waals surface area contributed by atoms with Gasteiger partial charge in [-0.15, -0.1) is 0 Å². The topological polar surface area (TPSA) is 83.8 Å². The van der Waals surface area contributed by atoms with Gasteiger partial charge in [-0.3, -0.25) is 9.89 Å². The summed E-state index contributed by atoms with van der Waals surface area (Å²) in [5.74, 6) is -1.28. The number of H-pyrrole nitrogens is 1. The number of aromatic nitrogens is 2. The number of hydrogen-bond acceptors (Lipinski definition) is 3. The normalized spacial score (nSPS) is 10.5. The third kappa shape index (κ3) is 2.53. The van der Waals surface area contributed by atoms with Crippen LogP contribution in [0.15, 0.2) is 18.2 Å². The minimum absolute atomic E-state index is 0.0158. The summed E-state index contributed by atoms with van der Waals surface area (Å²) >= 11 is 5.63. The summed E-state index contributed by atoms with van der Waals surface area (Å²) in [6.45, 7) is 1.88. The SMILES string of the molecule is CCc1[nH]nc(C(=O)Nc2cccc(Cl)c2F)c1N. The first kappa shape index (κ1) is 13.4. The molecule has 0 unspecified atom stereocenters. The van der Waals surface area contributed by atoms with Gasteiger partial charge in [0.15, 0.2) is 11.5 Å². The molecule has 0 radical (unpaired) electrons. The highest BCUT2D eigenvalue weighted by molar-refractivity contribution is 6.31. The van der Waals surface area contributed by atoms with Gasteiger partial charge in [0.25, 0.3) is 5.91 Å². The summed E-state index contributed by atoms with van der Waals surface area (Å²) in [5.41, 5.74) is 6.71. The number of carbonyl (C=O) groups is 1. The van der Waals surface area contributed by atoms with Crippen LogP contribution in [0.4, 0.5) is 15.8 Å². The van der Waals surface area contributed by atoms with Crippen LogP contribution in [-0.4, -0.2) is 16.1 Å². The number of halogens is 2. The van der Waals surface area contributed by atoms with Gasteiger partial charge in [-0.2, -0.15) is 5.10 Å². The number of nitrogen functional groups attached to an aromatic ring is 1. The maximum atomic E-state index is 13.6. The zero-order valence-corrected chi connectivity index (χ0v) is 10.9. The van der Waals surface area contributed by atoms with E-state index in [2.05, 4.69) is 15.5 Å². The second kappa shape index (κ2) is 5.27. The fourth-order valence-corrected chi connectivity index (χ4v) is 1.79. The largest absolute Gasteiger partial charge is 0.395 e. The van der Waals surface area contributed by atoms with Crippen molar-refractivity contribution in [2.45, 2.75) is 13.3 Å². The van der Waals surface area contributed by atoms with Crippen molar-refractivity contribution in [3.8, 4) is 0 Å². The van der Waals surface area contributed by atoms with E-state index in [0.717, 1.165) is 0 Å². The summed E-state index contributed by atoms with van der Waals surface area (Å²) in [5, 5.41) is 8.80. The Balaban J connectivity index is 2.26. The first-order chi connectivity index (χ1) is 9.04. The number of aromatic amines is 1. The van der Waals surface area contributed by atoms with Crippen molar-refractivity contribution >= 4 is 28.9 Å². The molecule has 0 saturated carbocycles. The van der Waals surface area contributed by atoms with Crippen LogP contribution in [0.2, 0.25) is 5.02 Å².